The molecular weight excluding hydrogens is 272 g/mol. The Morgan fingerprint density at radius 1 is 1.24 bits per heavy atom. The topological polar surface area (TPSA) is 102 Å². The molecule has 1 aliphatic rings. The van der Waals surface area contributed by atoms with E-state index in [0.717, 1.165) is 0 Å². The van der Waals surface area contributed by atoms with Gasteiger partial charge in [0.05, 0.1) is 11.5 Å². The number of nitrogens with two attached hydrogens (primary N) is 1. The summed E-state index contributed by atoms with van der Waals surface area (Å²) in [6.45, 7) is 3.41. The largest absolute Gasteiger partial charge is 0.465 e. The molecular formula is C15H12N2O4. The van der Waals surface area contributed by atoms with Crippen molar-refractivity contribution in [3.8, 4) is 11.8 Å². The molecule has 0 fully saturated rings. The van der Waals surface area contributed by atoms with Crippen molar-refractivity contribution in [3.05, 3.63) is 62.9 Å². The van der Waals surface area contributed by atoms with Gasteiger partial charge in [-0.2, -0.15) is 5.26 Å². The summed E-state index contributed by atoms with van der Waals surface area (Å²) < 4.78 is 16.1. The molecule has 106 valence electrons. The minimum Gasteiger partial charge on any atom is -0.465 e. The first-order chi connectivity index (χ1) is 10.0. The van der Waals surface area contributed by atoms with Gasteiger partial charge < -0.3 is 19.3 Å². The lowest BCUT2D eigenvalue weighted by atomic mass is 9.88. The van der Waals surface area contributed by atoms with Crippen LogP contribution in [0.2, 0.25) is 0 Å². The van der Waals surface area contributed by atoms with E-state index in [0.29, 0.717) is 23.0 Å². The number of nitrogens with zero attached hydrogens (tertiary/aromatic N) is 1. The summed E-state index contributed by atoms with van der Waals surface area (Å²) in [4.78, 5) is 12.2. The third-order valence-corrected chi connectivity index (χ3v) is 3.30. The van der Waals surface area contributed by atoms with Crippen LogP contribution in [0, 0.1) is 25.2 Å². The van der Waals surface area contributed by atoms with Gasteiger partial charge in [-0.1, -0.05) is 0 Å². The fourth-order valence-corrected chi connectivity index (χ4v) is 2.41. The van der Waals surface area contributed by atoms with E-state index in [9.17, 15) is 10.1 Å². The van der Waals surface area contributed by atoms with Gasteiger partial charge in [0.1, 0.15) is 34.7 Å². The Bertz CT molecular complexity index is 851. The molecule has 0 saturated heterocycles. The normalized spacial score (nSPS) is 17.1. The fourth-order valence-electron chi connectivity index (χ4n) is 2.41. The van der Waals surface area contributed by atoms with Crippen LogP contribution in [-0.2, 0) is 0 Å². The molecule has 6 heteroatoms. The summed E-state index contributed by atoms with van der Waals surface area (Å²) in [7, 11) is 0. The van der Waals surface area contributed by atoms with E-state index in [1.54, 1.807) is 32.0 Å². The van der Waals surface area contributed by atoms with Crippen LogP contribution in [0.5, 0.6) is 5.75 Å². The number of fused-ring (bicyclic) bond motifs is 1. The van der Waals surface area contributed by atoms with Gasteiger partial charge in [0.2, 0.25) is 5.88 Å². The van der Waals surface area contributed by atoms with E-state index >= 15 is 0 Å². The molecule has 2 aromatic heterocycles. The molecule has 2 N–H and O–H groups in total. The van der Waals surface area contributed by atoms with Crippen molar-refractivity contribution in [2.45, 2.75) is 19.8 Å². The van der Waals surface area contributed by atoms with Crippen molar-refractivity contribution in [1.29, 1.82) is 5.26 Å². The number of allylic oxidation sites excluding steroid dienone is 1. The number of furan rings is 1. The first-order valence-corrected chi connectivity index (χ1v) is 6.30. The molecule has 0 amide bonds. The molecule has 3 rings (SSSR count). The first-order valence-electron chi connectivity index (χ1n) is 6.30. The Hall–Kier alpha value is -2.94. The number of rotatable bonds is 1. The maximum atomic E-state index is 12.2. The summed E-state index contributed by atoms with van der Waals surface area (Å²) in [6.07, 6.45) is 0. The number of nitriles is 1. The Labute approximate surface area is 120 Å². The van der Waals surface area contributed by atoms with Gasteiger partial charge in [-0.15, -0.1) is 0 Å². The Kier molecular flexibility index (Phi) is 2.84. The van der Waals surface area contributed by atoms with E-state index in [-0.39, 0.29) is 17.0 Å². The maximum absolute atomic E-state index is 12.2. The van der Waals surface area contributed by atoms with Gasteiger partial charge in [-0.25, -0.2) is 4.79 Å². The quantitative estimate of drug-likeness (QED) is 0.859. The van der Waals surface area contributed by atoms with Crippen LogP contribution in [0.3, 0.4) is 0 Å². The Balaban J connectivity index is 2.31. The molecule has 0 aromatic carbocycles. The standard InChI is InChI=1S/C15H12N2O4/c1-7-3-4-10(19-7)12-9(6-16)14(17)21-11-5-8(2)20-15(18)13(11)12/h3-5,12H,17H2,1-2H3/t12-/m0/s1. The lowest BCUT2D eigenvalue weighted by molar-refractivity contribution is 0.361. The molecule has 0 saturated carbocycles. The SMILES string of the molecule is Cc1ccc([C@@H]2C(C#N)=C(N)Oc3cc(C)oc(=O)c32)o1. The van der Waals surface area contributed by atoms with Crippen LogP contribution < -0.4 is 16.1 Å². The van der Waals surface area contributed by atoms with E-state index in [1.165, 1.54) is 0 Å². The van der Waals surface area contributed by atoms with Crippen LogP contribution in [0.1, 0.15) is 28.8 Å². The van der Waals surface area contributed by atoms with E-state index in [2.05, 4.69) is 0 Å². The zero-order valence-corrected chi connectivity index (χ0v) is 11.5. The van der Waals surface area contributed by atoms with E-state index in [1.807, 2.05) is 6.07 Å². The van der Waals surface area contributed by atoms with E-state index in [4.69, 9.17) is 19.3 Å². The van der Waals surface area contributed by atoms with Crippen LogP contribution >= 0.6 is 0 Å². The van der Waals surface area contributed by atoms with Gasteiger partial charge in [0.25, 0.3) is 0 Å². The predicted molar refractivity (Wildman–Crippen MR) is 72.5 cm³/mol. The molecule has 1 atom stereocenters. The second kappa shape index (κ2) is 4.56. The van der Waals surface area contributed by atoms with Gasteiger partial charge in [0.15, 0.2) is 0 Å². The van der Waals surface area contributed by atoms with Crippen molar-refractivity contribution in [2.24, 2.45) is 5.73 Å². The van der Waals surface area contributed by atoms with Crippen LogP contribution in [0.4, 0.5) is 0 Å². The van der Waals surface area contributed by atoms with Gasteiger partial charge >= 0.3 is 5.63 Å². The third kappa shape index (κ3) is 1.99. The smallest absolute Gasteiger partial charge is 0.344 e. The lowest BCUT2D eigenvalue weighted by Gasteiger charge is -2.23. The minimum absolute atomic E-state index is 0.0333. The average Bonchev–Trinajstić information content (AvgIpc) is 2.83. The highest BCUT2D eigenvalue weighted by Gasteiger charge is 2.36. The van der Waals surface area contributed by atoms with Crippen molar-refractivity contribution in [3.63, 3.8) is 0 Å². The zero-order valence-electron chi connectivity index (χ0n) is 11.5. The molecule has 0 unspecified atom stereocenters. The first kappa shape index (κ1) is 13.1. The number of ether oxygens (including phenoxy) is 1. The molecule has 0 aliphatic carbocycles. The molecule has 21 heavy (non-hydrogen) atoms. The lowest BCUT2D eigenvalue weighted by Crippen LogP contribution is -2.26. The highest BCUT2D eigenvalue weighted by Crippen LogP contribution is 2.40. The molecule has 3 heterocycles. The summed E-state index contributed by atoms with van der Waals surface area (Å²) in [5.41, 5.74) is 5.59. The number of aryl methyl sites for hydroxylation is 2. The van der Waals surface area contributed by atoms with E-state index < -0.39 is 11.5 Å². The molecule has 1 aliphatic heterocycles. The number of hydrogen-bond donors (Lipinski definition) is 1. The van der Waals surface area contributed by atoms with Crippen LogP contribution in [0.15, 0.2) is 43.3 Å². The highest BCUT2D eigenvalue weighted by atomic mass is 16.5. The zero-order chi connectivity index (χ0) is 15.1. The minimum atomic E-state index is -0.718. The Morgan fingerprint density at radius 3 is 2.62 bits per heavy atom. The van der Waals surface area contributed by atoms with Gasteiger partial charge in [-0.05, 0) is 26.0 Å². The fraction of sp³-hybridized carbons (Fsp3) is 0.200. The van der Waals surface area contributed by atoms with Crippen LogP contribution in [0.25, 0.3) is 0 Å². The molecule has 0 bridgehead atoms. The van der Waals surface area contributed by atoms with Crippen molar-refractivity contribution >= 4 is 0 Å². The maximum Gasteiger partial charge on any atom is 0.344 e. The molecule has 0 radical (unpaired) electrons. The third-order valence-electron chi connectivity index (χ3n) is 3.30. The molecule has 0 spiro atoms. The summed E-state index contributed by atoms with van der Waals surface area (Å²) in [5, 5.41) is 9.33. The monoisotopic (exact) mass is 284 g/mol. The van der Waals surface area contributed by atoms with Gasteiger partial charge in [-0.3, -0.25) is 0 Å². The van der Waals surface area contributed by atoms with Gasteiger partial charge in [0, 0.05) is 6.07 Å². The average molecular weight is 284 g/mol. The second-order valence-corrected chi connectivity index (χ2v) is 4.80. The summed E-state index contributed by atoms with van der Waals surface area (Å²) in [6, 6.07) is 7.02. The molecule has 2 aromatic rings. The number of hydrogen-bond acceptors (Lipinski definition) is 6. The Morgan fingerprint density at radius 2 is 2.00 bits per heavy atom. The van der Waals surface area contributed by atoms with Crippen molar-refractivity contribution < 1.29 is 13.6 Å². The summed E-state index contributed by atoms with van der Waals surface area (Å²) in [5.74, 6) is 1.07. The second-order valence-electron chi connectivity index (χ2n) is 4.80. The van der Waals surface area contributed by atoms with Crippen molar-refractivity contribution in [2.75, 3.05) is 0 Å². The van der Waals surface area contributed by atoms with Crippen molar-refractivity contribution in [1.82, 2.24) is 0 Å². The molecule has 6 nitrogen and oxygen atoms in total. The van der Waals surface area contributed by atoms with Crippen LogP contribution in [-0.4, -0.2) is 0 Å². The highest BCUT2D eigenvalue weighted by molar-refractivity contribution is 5.52. The summed E-state index contributed by atoms with van der Waals surface area (Å²) >= 11 is 0. The predicted octanol–water partition coefficient (Wildman–Crippen LogP) is 2.07.